The van der Waals surface area contributed by atoms with Crippen molar-refractivity contribution < 1.29 is 9.59 Å². The normalized spacial score (nSPS) is 14.9. The number of H-pyrrole nitrogens is 1. The standard InChI is InChI=1S/C22H23ClN4O2/c1-15-6-7-19(17(23)12-15)25-21(28)14-26-8-10-27(11-9-26)22(29)20-13-16-4-2-3-5-18(16)24-20/h2-7,12-13,24H,8-11,14H2,1H3,(H,25,28). The summed E-state index contributed by atoms with van der Waals surface area (Å²) in [5, 5.41) is 4.42. The number of aromatic nitrogens is 1. The van der Waals surface area contributed by atoms with Crippen LogP contribution in [0.5, 0.6) is 0 Å². The number of benzene rings is 2. The van der Waals surface area contributed by atoms with Gasteiger partial charge in [-0.05, 0) is 36.8 Å². The van der Waals surface area contributed by atoms with E-state index in [2.05, 4.69) is 10.3 Å². The molecular formula is C22H23ClN4O2. The van der Waals surface area contributed by atoms with E-state index < -0.39 is 0 Å². The molecule has 1 aliphatic heterocycles. The van der Waals surface area contributed by atoms with E-state index >= 15 is 0 Å². The number of hydrogen-bond acceptors (Lipinski definition) is 3. The van der Waals surface area contributed by atoms with Crippen LogP contribution in [-0.2, 0) is 4.79 Å². The van der Waals surface area contributed by atoms with Gasteiger partial charge < -0.3 is 15.2 Å². The number of halogens is 1. The van der Waals surface area contributed by atoms with Crippen molar-refractivity contribution in [3.63, 3.8) is 0 Å². The predicted octanol–water partition coefficient (Wildman–Crippen LogP) is 3.53. The smallest absolute Gasteiger partial charge is 0.270 e. The van der Waals surface area contributed by atoms with Crippen molar-refractivity contribution in [2.45, 2.75) is 6.92 Å². The predicted molar refractivity (Wildman–Crippen MR) is 115 cm³/mol. The number of para-hydroxylation sites is 1. The molecule has 0 bridgehead atoms. The Morgan fingerprint density at radius 2 is 1.83 bits per heavy atom. The van der Waals surface area contributed by atoms with E-state index in [1.54, 1.807) is 0 Å². The number of nitrogens with zero attached hydrogens (tertiary/aromatic N) is 2. The van der Waals surface area contributed by atoms with Gasteiger partial charge in [0.25, 0.3) is 5.91 Å². The van der Waals surface area contributed by atoms with Gasteiger partial charge in [-0.2, -0.15) is 0 Å². The first kappa shape index (κ1) is 19.5. The summed E-state index contributed by atoms with van der Waals surface area (Å²) in [5.41, 5.74) is 3.23. The highest BCUT2D eigenvalue weighted by atomic mass is 35.5. The monoisotopic (exact) mass is 410 g/mol. The number of fused-ring (bicyclic) bond motifs is 1. The third-order valence-electron chi connectivity index (χ3n) is 5.19. The van der Waals surface area contributed by atoms with Gasteiger partial charge in [0.1, 0.15) is 5.69 Å². The summed E-state index contributed by atoms with van der Waals surface area (Å²) >= 11 is 6.18. The highest BCUT2D eigenvalue weighted by Gasteiger charge is 2.24. The van der Waals surface area contributed by atoms with Gasteiger partial charge in [-0.15, -0.1) is 0 Å². The van der Waals surface area contributed by atoms with E-state index in [1.165, 1.54) is 0 Å². The Bertz CT molecular complexity index is 1020. The Balaban J connectivity index is 1.30. The molecule has 150 valence electrons. The molecule has 2 aromatic carbocycles. The summed E-state index contributed by atoms with van der Waals surface area (Å²) in [7, 11) is 0. The number of aryl methyl sites for hydroxylation is 1. The summed E-state index contributed by atoms with van der Waals surface area (Å²) < 4.78 is 0. The van der Waals surface area contributed by atoms with Crippen molar-refractivity contribution in [2.24, 2.45) is 0 Å². The number of nitrogens with one attached hydrogen (secondary N) is 2. The number of anilines is 1. The maximum absolute atomic E-state index is 12.8. The summed E-state index contributed by atoms with van der Waals surface area (Å²) in [5.74, 6) is -0.108. The molecule has 0 saturated carbocycles. The number of amides is 2. The Kier molecular flexibility index (Phi) is 5.56. The lowest BCUT2D eigenvalue weighted by Crippen LogP contribution is -2.50. The first-order valence-corrected chi connectivity index (χ1v) is 10.0. The molecule has 2 heterocycles. The Morgan fingerprint density at radius 1 is 1.07 bits per heavy atom. The lowest BCUT2D eigenvalue weighted by molar-refractivity contribution is -0.117. The van der Waals surface area contributed by atoms with Crippen LogP contribution >= 0.6 is 11.6 Å². The minimum atomic E-state index is -0.105. The second kappa shape index (κ2) is 8.27. The number of aromatic amines is 1. The van der Waals surface area contributed by atoms with Crippen LogP contribution in [0, 0.1) is 6.92 Å². The van der Waals surface area contributed by atoms with E-state index in [0.29, 0.717) is 42.6 Å². The maximum Gasteiger partial charge on any atom is 0.270 e. The largest absolute Gasteiger partial charge is 0.351 e. The Labute approximate surface area is 174 Å². The van der Waals surface area contributed by atoms with Crippen LogP contribution in [0.2, 0.25) is 5.02 Å². The van der Waals surface area contributed by atoms with Crippen molar-refractivity contribution in [2.75, 3.05) is 38.0 Å². The summed E-state index contributed by atoms with van der Waals surface area (Å²) in [6.45, 7) is 4.72. The Morgan fingerprint density at radius 3 is 2.55 bits per heavy atom. The van der Waals surface area contributed by atoms with E-state index in [1.807, 2.05) is 65.3 Å². The maximum atomic E-state index is 12.8. The molecule has 0 aliphatic carbocycles. The second-order valence-electron chi connectivity index (χ2n) is 7.37. The number of hydrogen-bond donors (Lipinski definition) is 2. The molecule has 0 atom stereocenters. The summed E-state index contributed by atoms with van der Waals surface area (Å²) in [6.07, 6.45) is 0. The minimum Gasteiger partial charge on any atom is -0.351 e. The van der Waals surface area contributed by atoms with Crippen LogP contribution in [0.15, 0.2) is 48.5 Å². The van der Waals surface area contributed by atoms with Gasteiger partial charge in [0, 0.05) is 37.1 Å². The third-order valence-corrected chi connectivity index (χ3v) is 5.50. The van der Waals surface area contributed by atoms with Crippen LogP contribution < -0.4 is 5.32 Å². The number of carbonyl (C=O) groups is 2. The second-order valence-corrected chi connectivity index (χ2v) is 7.78. The van der Waals surface area contributed by atoms with Crippen molar-refractivity contribution in [3.8, 4) is 0 Å². The highest BCUT2D eigenvalue weighted by Crippen LogP contribution is 2.22. The van der Waals surface area contributed by atoms with Crippen LogP contribution in [0.1, 0.15) is 16.1 Å². The molecule has 2 amide bonds. The van der Waals surface area contributed by atoms with Crippen LogP contribution in [0.25, 0.3) is 10.9 Å². The third kappa shape index (κ3) is 4.44. The topological polar surface area (TPSA) is 68.4 Å². The molecule has 1 saturated heterocycles. The van der Waals surface area contributed by atoms with Crippen molar-refractivity contribution in [1.29, 1.82) is 0 Å². The van der Waals surface area contributed by atoms with Crippen molar-refractivity contribution in [3.05, 3.63) is 64.8 Å². The average molecular weight is 411 g/mol. The van der Waals surface area contributed by atoms with Gasteiger partial charge in [-0.3, -0.25) is 14.5 Å². The molecule has 1 aliphatic rings. The quantitative estimate of drug-likeness (QED) is 0.691. The molecule has 1 fully saturated rings. The number of piperazine rings is 1. The first-order valence-electron chi connectivity index (χ1n) is 9.65. The molecule has 0 spiro atoms. The fraction of sp³-hybridized carbons (Fsp3) is 0.273. The van der Waals surface area contributed by atoms with Gasteiger partial charge in [0.05, 0.1) is 17.3 Å². The van der Waals surface area contributed by atoms with E-state index in [-0.39, 0.29) is 18.4 Å². The molecule has 1 aromatic heterocycles. The average Bonchev–Trinajstić information content (AvgIpc) is 3.14. The summed E-state index contributed by atoms with van der Waals surface area (Å²) in [6, 6.07) is 15.3. The molecule has 6 nitrogen and oxygen atoms in total. The van der Waals surface area contributed by atoms with Gasteiger partial charge >= 0.3 is 0 Å². The molecule has 29 heavy (non-hydrogen) atoms. The summed E-state index contributed by atoms with van der Waals surface area (Å²) in [4.78, 5) is 32.2. The molecule has 2 N–H and O–H groups in total. The number of carbonyl (C=O) groups excluding carboxylic acids is 2. The zero-order chi connectivity index (χ0) is 20.4. The molecule has 3 aromatic rings. The molecule has 7 heteroatoms. The van der Waals surface area contributed by atoms with Crippen LogP contribution in [0.3, 0.4) is 0 Å². The van der Waals surface area contributed by atoms with Gasteiger partial charge in [-0.25, -0.2) is 0 Å². The number of rotatable bonds is 4. The zero-order valence-electron chi connectivity index (χ0n) is 16.2. The molecule has 0 radical (unpaired) electrons. The zero-order valence-corrected chi connectivity index (χ0v) is 17.0. The van der Waals surface area contributed by atoms with E-state index in [4.69, 9.17) is 11.6 Å². The SMILES string of the molecule is Cc1ccc(NC(=O)CN2CCN(C(=O)c3cc4ccccc4[nH]3)CC2)c(Cl)c1. The molecule has 0 unspecified atom stereocenters. The van der Waals surface area contributed by atoms with Gasteiger partial charge in [0.15, 0.2) is 0 Å². The Hall–Kier alpha value is -2.83. The van der Waals surface area contributed by atoms with Crippen molar-refractivity contribution in [1.82, 2.24) is 14.8 Å². The van der Waals surface area contributed by atoms with Crippen LogP contribution in [-0.4, -0.2) is 59.3 Å². The lowest BCUT2D eigenvalue weighted by Gasteiger charge is -2.34. The van der Waals surface area contributed by atoms with Crippen LogP contribution in [0.4, 0.5) is 5.69 Å². The highest BCUT2D eigenvalue weighted by molar-refractivity contribution is 6.33. The van der Waals surface area contributed by atoms with E-state index in [0.717, 1.165) is 16.5 Å². The first-order chi connectivity index (χ1) is 14.0. The fourth-order valence-electron chi connectivity index (χ4n) is 3.58. The van der Waals surface area contributed by atoms with Crippen molar-refractivity contribution >= 4 is 40.0 Å². The van der Waals surface area contributed by atoms with E-state index in [9.17, 15) is 9.59 Å². The fourth-order valence-corrected chi connectivity index (χ4v) is 3.86. The molecular weight excluding hydrogens is 388 g/mol. The van der Waals surface area contributed by atoms with Gasteiger partial charge in [-0.1, -0.05) is 35.9 Å². The van der Waals surface area contributed by atoms with Gasteiger partial charge in [0.2, 0.25) is 5.91 Å². The molecule has 4 rings (SSSR count). The minimum absolute atomic E-state index is 0.00302. The lowest BCUT2D eigenvalue weighted by atomic mass is 10.2.